The predicted molar refractivity (Wildman–Crippen MR) is 116 cm³/mol. The number of aryl methyl sites for hydroxylation is 1. The molecule has 5 rings (SSSR count). The number of hydrogen-bond acceptors (Lipinski definition) is 5. The Morgan fingerprint density at radius 3 is 2.61 bits per heavy atom. The molecule has 1 aliphatic heterocycles. The van der Waals surface area contributed by atoms with Crippen LogP contribution in [0.1, 0.15) is 34.5 Å². The molecule has 3 aromatic rings. The Balaban J connectivity index is 1.37. The number of carbonyl (C=O) groups excluding carboxylic acids is 1. The standard InChI is InChI=1S/C24H22F3N5O/c1-14-8-17(18-4-2-3-7-28-18)22(30-11-14)23(33)32-13-15-9-19(20(32)10-15)31-21-6-5-16(12-29-21)24(25,26)27/h2-8,11-12,15,19-20H,9-10,13H2,1H3,(H,29,31). The first-order valence-corrected chi connectivity index (χ1v) is 10.8. The topological polar surface area (TPSA) is 71.0 Å². The first-order chi connectivity index (χ1) is 15.8. The van der Waals surface area contributed by atoms with E-state index in [4.69, 9.17) is 0 Å². The molecule has 0 spiro atoms. The van der Waals surface area contributed by atoms with Gasteiger partial charge in [-0.15, -0.1) is 0 Å². The zero-order valence-electron chi connectivity index (χ0n) is 17.9. The summed E-state index contributed by atoms with van der Waals surface area (Å²) in [4.78, 5) is 28.2. The Morgan fingerprint density at radius 2 is 1.94 bits per heavy atom. The summed E-state index contributed by atoms with van der Waals surface area (Å²) in [5.74, 6) is 0.542. The zero-order chi connectivity index (χ0) is 23.2. The molecule has 2 bridgehead atoms. The second-order valence-corrected chi connectivity index (χ2v) is 8.67. The van der Waals surface area contributed by atoms with Crippen LogP contribution in [0.5, 0.6) is 0 Å². The number of amides is 1. The molecule has 3 aromatic heterocycles. The normalized spacial score (nSPS) is 21.9. The number of hydrogen-bond donors (Lipinski definition) is 1. The van der Waals surface area contributed by atoms with Crippen molar-refractivity contribution in [2.24, 2.45) is 5.92 Å². The summed E-state index contributed by atoms with van der Waals surface area (Å²) in [6.07, 6.45) is 1.44. The Morgan fingerprint density at radius 1 is 1.09 bits per heavy atom. The van der Waals surface area contributed by atoms with Crippen LogP contribution in [0, 0.1) is 12.8 Å². The maximum Gasteiger partial charge on any atom is 0.417 e. The largest absolute Gasteiger partial charge is 0.417 e. The van der Waals surface area contributed by atoms with Crippen molar-refractivity contribution in [2.45, 2.75) is 38.0 Å². The van der Waals surface area contributed by atoms with Crippen molar-refractivity contribution < 1.29 is 18.0 Å². The number of rotatable bonds is 4. The van der Waals surface area contributed by atoms with Crippen molar-refractivity contribution in [1.29, 1.82) is 0 Å². The number of nitrogens with zero attached hydrogens (tertiary/aromatic N) is 4. The van der Waals surface area contributed by atoms with Gasteiger partial charge in [-0.05, 0) is 61.6 Å². The molecule has 1 N–H and O–H groups in total. The summed E-state index contributed by atoms with van der Waals surface area (Å²) in [6, 6.07) is 9.64. The molecule has 2 fully saturated rings. The Kier molecular flexibility index (Phi) is 5.26. The van der Waals surface area contributed by atoms with Crippen LogP contribution in [-0.4, -0.2) is 44.4 Å². The highest BCUT2D eigenvalue weighted by Gasteiger charge is 2.47. The molecule has 170 valence electrons. The van der Waals surface area contributed by atoms with E-state index in [0.29, 0.717) is 35.2 Å². The first-order valence-electron chi connectivity index (χ1n) is 10.8. The first kappa shape index (κ1) is 21.4. The molecule has 9 heteroatoms. The molecule has 0 radical (unpaired) electrons. The summed E-state index contributed by atoms with van der Waals surface area (Å²) < 4.78 is 38.4. The van der Waals surface area contributed by atoms with Gasteiger partial charge in [0.2, 0.25) is 0 Å². The van der Waals surface area contributed by atoms with Gasteiger partial charge < -0.3 is 10.2 Å². The third-order valence-electron chi connectivity index (χ3n) is 6.33. The minimum absolute atomic E-state index is 0.0775. The number of pyridine rings is 3. The summed E-state index contributed by atoms with van der Waals surface area (Å²) in [6.45, 7) is 2.56. The molecule has 1 aliphatic carbocycles. The summed E-state index contributed by atoms with van der Waals surface area (Å²) >= 11 is 0. The van der Waals surface area contributed by atoms with Gasteiger partial charge >= 0.3 is 6.18 Å². The number of fused-ring (bicyclic) bond motifs is 2. The van der Waals surface area contributed by atoms with Crippen molar-refractivity contribution in [2.75, 3.05) is 11.9 Å². The lowest BCUT2D eigenvalue weighted by molar-refractivity contribution is -0.137. The van der Waals surface area contributed by atoms with Crippen molar-refractivity contribution in [3.8, 4) is 11.3 Å². The van der Waals surface area contributed by atoms with Gasteiger partial charge in [0.05, 0.1) is 17.3 Å². The smallest absolute Gasteiger partial charge is 0.365 e. The lowest BCUT2D eigenvalue weighted by Gasteiger charge is -2.34. The number of nitrogens with one attached hydrogen (secondary N) is 1. The van der Waals surface area contributed by atoms with Gasteiger partial charge in [-0.1, -0.05) is 6.07 Å². The van der Waals surface area contributed by atoms with Gasteiger partial charge in [-0.25, -0.2) is 4.98 Å². The van der Waals surface area contributed by atoms with Crippen molar-refractivity contribution in [3.05, 3.63) is 71.8 Å². The van der Waals surface area contributed by atoms with Gasteiger partial charge in [-0.2, -0.15) is 13.2 Å². The van der Waals surface area contributed by atoms with Crippen LogP contribution in [0.15, 0.2) is 55.0 Å². The average molecular weight is 453 g/mol. The summed E-state index contributed by atoms with van der Waals surface area (Å²) in [5.41, 5.74) is 1.88. The predicted octanol–water partition coefficient (Wildman–Crippen LogP) is 4.58. The highest BCUT2D eigenvalue weighted by atomic mass is 19.4. The number of alkyl halides is 3. The Hall–Kier alpha value is -3.49. The minimum Gasteiger partial charge on any atom is -0.365 e. The molecule has 33 heavy (non-hydrogen) atoms. The monoisotopic (exact) mass is 453 g/mol. The van der Waals surface area contributed by atoms with Crippen molar-refractivity contribution in [1.82, 2.24) is 19.9 Å². The zero-order valence-corrected chi connectivity index (χ0v) is 17.9. The molecule has 6 nitrogen and oxygen atoms in total. The molecule has 2 aliphatic rings. The van der Waals surface area contributed by atoms with Gasteiger partial charge in [0.25, 0.3) is 5.91 Å². The van der Waals surface area contributed by atoms with Crippen LogP contribution in [-0.2, 0) is 6.18 Å². The number of likely N-dealkylation sites (tertiary alicyclic amines) is 1. The molecule has 1 saturated heterocycles. The number of piperidine rings is 1. The molecule has 1 amide bonds. The molecular formula is C24H22F3N5O. The molecule has 1 saturated carbocycles. The van der Waals surface area contributed by atoms with Gasteiger partial charge in [0.15, 0.2) is 0 Å². The summed E-state index contributed by atoms with van der Waals surface area (Å²) in [7, 11) is 0. The van der Waals surface area contributed by atoms with Crippen molar-refractivity contribution >= 4 is 11.7 Å². The van der Waals surface area contributed by atoms with Crippen LogP contribution < -0.4 is 5.32 Å². The van der Waals surface area contributed by atoms with Crippen molar-refractivity contribution in [3.63, 3.8) is 0 Å². The maximum absolute atomic E-state index is 13.6. The Bertz CT molecular complexity index is 1170. The molecule has 3 unspecified atom stereocenters. The highest BCUT2D eigenvalue weighted by molar-refractivity contribution is 5.99. The van der Waals surface area contributed by atoms with E-state index in [1.807, 2.05) is 36.1 Å². The fourth-order valence-corrected chi connectivity index (χ4v) is 4.84. The Labute approximate surface area is 188 Å². The van der Waals surface area contributed by atoms with Crippen LogP contribution in [0.3, 0.4) is 0 Å². The molecule has 4 heterocycles. The van der Waals surface area contributed by atoms with E-state index < -0.39 is 11.7 Å². The average Bonchev–Trinajstić information content (AvgIpc) is 3.40. The third kappa shape index (κ3) is 4.15. The number of carbonyl (C=O) groups is 1. The quantitative estimate of drug-likeness (QED) is 0.626. The third-order valence-corrected chi connectivity index (χ3v) is 6.33. The van der Waals surface area contributed by atoms with Crippen LogP contribution in [0.2, 0.25) is 0 Å². The molecular weight excluding hydrogens is 431 g/mol. The van der Waals surface area contributed by atoms with Gasteiger partial charge in [0.1, 0.15) is 11.5 Å². The highest BCUT2D eigenvalue weighted by Crippen LogP contribution is 2.40. The number of halogens is 3. The maximum atomic E-state index is 13.6. The van der Waals surface area contributed by atoms with Crippen LogP contribution >= 0.6 is 0 Å². The number of aromatic nitrogens is 3. The van der Waals surface area contributed by atoms with E-state index in [0.717, 1.165) is 30.7 Å². The fourth-order valence-electron chi connectivity index (χ4n) is 4.84. The summed E-state index contributed by atoms with van der Waals surface area (Å²) in [5, 5.41) is 3.24. The van der Waals surface area contributed by atoms with E-state index in [1.165, 1.54) is 6.07 Å². The van der Waals surface area contributed by atoms with E-state index in [1.54, 1.807) is 12.4 Å². The van der Waals surface area contributed by atoms with Crippen LogP contribution in [0.25, 0.3) is 11.3 Å². The lowest BCUT2D eigenvalue weighted by Crippen LogP contribution is -2.48. The molecule has 3 atom stereocenters. The van der Waals surface area contributed by atoms with E-state index >= 15 is 0 Å². The number of anilines is 1. The molecule has 0 aromatic carbocycles. The lowest BCUT2D eigenvalue weighted by atomic mass is 10.0. The minimum atomic E-state index is -4.42. The second-order valence-electron chi connectivity index (χ2n) is 8.67. The van der Waals surface area contributed by atoms with Gasteiger partial charge in [-0.3, -0.25) is 14.8 Å². The van der Waals surface area contributed by atoms with E-state index in [9.17, 15) is 18.0 Å². The van der Waals surface area contributed by atoms with Crippen LogP contribution in [0.4, 0.5) is 19.0 Å². The second kappa shape index (κ2) is 8.13. The van der Waals surface area contributed by atoms with E-state index in [2.05, 4.69) is 20.3 Å². The van der Waals surface area contributed by atoms with Gasteiger partial charge in [0, 0.05) is 36.7 Å². The SMILES string of the molecule is Cc1cnc(C(=O)N2CC3CC(Nc4ccc(C(F)(F)F)cn4)C2C3)c(-c2ccccn2)c1. The fraction of sp³-hybridized carbons (Fsp3) is 0.333. The van der Waals surface area contributed by atoms with E-state index in [-0.39, 0.29) is 18.0 Å².